The lowest BCUT2D eigenvalue weighted by Gasteiger charge is -2.57. The molecule has 0 unspecified atom stereocenters. The fourth-order valence-electron chi connectivity index (χ4n) is 7.80. The quantitative estimate of drug-likeness (QED) is 0.497. The van der Waals surface area contributed by atoms with Gasteiger partial charge in [-0.25, -0.2) is 0 Å². The molecule has 1 N–H and O–H groups in total. The number of likely N-dealkylation sites (tertiary alicyclic amines) is 2. The second-order valence-electron chi connectivity index (χ2n) is 12.0. The van der Waals surface area contributed by atoms with Crippen molar-refractivity contribution in [3.05, 3.63) is 35.9 Å². The second kappa shape index (κ2) is 13.2. The molecule has 0 aromatic heterocycles. The van der Waals surface area contributed by atoms with Gasteiger partial charge in [0.05, 0.1) is 0 Å². The first-order chi connectivity index (χ1) is 18.2. The molecule has 4 fully saturated rings. The average molecular weight is 509 g/mol. The van der Waals surface area contributed by atoms with E-state index in [1.807, 2.05) is 30.3 Å². The summed E-state index contributed by atoms with van der Waals surface area (Å²) >= 11 is 0. The largest absolute Gasteiger partial charge is 0.356 e. The highest BCUT2D eigenvalue weighted by molar-refractivity contribution is 5.94. The first-order valence-corrected chi connectivity index (χ1v) is 15.3. The molecule has 0 radical (unpaired) electrons. The van der Waals surface area contributed by atoms with Crippen LogP contribution in [0.3, 0.4) is 0 Å². The van der Waals surface area contributed by atoms with Crippen LogP contribution in [0, 0.1) is 11.8 Å². The van der Waals surface area contributed by atoms with E-state index >= 15 is 0 Å². The third kappa shape index (κ3) is 6.75. The van der Waals surface area contributed by atoms with Crippen molar-refractivity contribution in [3.8, 4) is 0 Å². The molecule has 4 aliphatic rings. The summed E-state index contributed by atoms with van der Waals surface area (Å²) in [5.41, 5.74) is 0.802. The van der Waals surface area contributed by atoms with E-state index in [0.717, 1.165) is 44.5 Å². The third-order valence-corrected chi connectivity index (χ3v) is 9.53. The lowest BCUT2D eigenvalue weighted by Crippen LogP contribution is -2.65. The Morgan fingerprint density at radius 2 is 1.62 bits per heavy atom. The Bertz CT molecular complexity index is 867. The Morgan fingerprint density at radius 1 is 0.865 bits per heavy atom. The predicted octanol–water partition coefficient (Wildman–Crippen LogP) is 4.55. The van der Waals surface area contributed by atoms with Gasteiger partial charge in [-0.1, -0.05) is 31.0 Å². The van der Waals surface area contributed by atoms with Gasteiger partial charge in [0, 0.05) is 37.2 Å². The van der Waals surface area contributed by atoms with Crippen LogP contribution in [-0.4, -0.2) is 84.4 Å². The second-order valence-corrected chi connectivity index (χ2v) is 12.0. The summed E-state index contributed by atoms with van der Waals surface area (Å²) < 4.78 is 0. The zero-order chi connectivity index (χ0) is 25.5. The number of piperidine rings is 3. The molecule has 6 nitrogen and oxygen atoms in total. The number of amides is 2. The normalized spacial score (nSPS) is 28.8. The van der Waals surface area contributed by atoms with Crippen LogP contribution in [0.1, 0.15) is 87.4 Å². The smallest absolute Gasteiger partial charge is 0.254 e. The molecule has 0 bridgehead atoms. The Labute approximate surface area is 224 Å². The van der Waals surface area contributed by atoms with Crippen molar-refractivity contribution in [1.29, 1.82) is 0 Å². The molecule has 0 aliphatic carbocycles. The van der Waals surface area contributed by atoms with Gasteiger partial charge in [-0.3, -0.25) is 14.5 Å². The molecule has 6 heteroatoms. The van der Waals surface area contributed by atoms with Gasteiger partial charge in [0.2, 0.25) is 5.91 Å². The first kappa shape index (κ1) is 26.7. The SMILES string of the molecule is O=C(CCC[C@@H]1[C@H]2CCCN3CCC[C@@H](CN1C(=O)c1ccccc1)[C@@H]23)NCCCN1CCCCCC1. The number of benzene rings is 1. The van der Waals surface area contributed by atoms with E-state index in [-0.39, 0.29) is 17.9 Å². The number of hydrogen-bond donors (Lipinski definition) is 1. The minimum Gasteiger partial charge on any atom is -0.356 e. The van der Waals surface area contributed by atoms with Crippen LogP contribution in [0.4, 0.5) is 0 Å². The van der Waals surface area contributed by atoms with Gasteiger partial charge in [-0.05, 0) is 114 Å². The summed E-state index contributed by atoms with van der Waals surface area (Å²) in [6, 6.07) is 10.7. The number of carbonyl (C=O) groups is 2. The number of rotatable bonds is 9. The molecular weight excluding hydrogens is 460 g/mol. The Balaban J connectivity index is 1.15. The van der Waals surface area contributed by atoms with Gasteiger partial charge in [-0.2, -0.15) is 0 Å². The van der Waals surface area contributed by atoms with Crippen LogP contribution in [0.2, 0.25) is 0 Å². The van der Waals surface area contributed by atoms with E-state index in [1.54, 1.807) is 0 Å². The maximum atomic E-state index is 13.7. The van der Waals surface area contributed by atoms with Gasteiger partial charge in [-0.15, -0.1) is 0 Å². The van der Waals surface area contributed by atoms with Crippen LogP contribution >= 0.6 is 0 Å². The van der Waals surface area contributed by atoms with Crippen molar-refractivity contribution < 1.29 is 9.59 Å². The van der Waals surface area contributed by atoms with Crippen LogP contribution in [-0.2, 0) is 4.79 Å². The predicted molar refractivity (Wildman–Crippen MR) is 148 cm³/mol. The lowest BCUT2D eigenvalue weighted by atomic mass is 9.69. The zero-order valence-corrected chi connectivity index (χ0v) is 22.8. The molecule has 5 rings (SSSR count). The van der Waals surface area contributed by atoms with Crippen molar-refractivity contribution in [2.24, 2.45) is 11.8 Å². The molecule has 1 aromatic carbocycles. The fraction of sp³-hybridized carbons (Fsp3) is 0.742. The summed E-state index contributed by atoms with van der Waals surface area (Å²) in [5, 5.41) is 3.17. The molecule has 4 saturated heterocycles. The third-order valence-electron chi connectivity index (χ3n) is 9.53. The summed E-state index contributed by atoms with van der Waals surface area (Å²) in [5.74, 6) is 1.49. The van der Waals surface area contributed by atoms with Crippen LogP contribution in [0.25, 0.3) is 0 Å². The average Bonchev–Trinajstić information content (AvgIpc) is 3.21. The summed E-state index contributed by atoms with van der Waals surface area (Å²) in [6.45, 7) is 7.62. The lowest BCUT2D eigenvalue weighted by molar-refractivity contribution is -0.121. The molecule has 37 heavy (non-hydrogen) atoms. The van der Waals surface area contributed by atoms with Crippen molar-refractivity contribution in [2.45, 2.75) is 89.1 Å². The minimum absolute atomic E-state index is 0.174. The molecular formula is C31H48N4O2. The summed E-state index contributed by atoms with van der Waals surface area (Å²) in [4.78, 5) is 33.9. The van der Waals surface area contributed by atoms with Crippen LogP contribution in [0.15, 0.2) is 30.3 Å². The van der Waals surface area contributed by atoms with Gasteiger partial charge in [0.15, 0.2) is 0 Å². The molecule has 204 valence electrons. The Morgan fingerprint density at radius 3 is 2.41 bits per heavy atom. The zero-order valence-electron chi connectivity index (χ0n) is 22.8. The number of nitrogens with zero attached hydrogens (tertiary/aromatic N) is 3. The van der Waals surface area contributed by atoms with E-state index in [1.165, 1.54) is 77.5 Å². The van der Waals surface area contributed by atoms with Crippen molar-refractivity contribution in [2.75, 3.05) is 45.8 Å². The van der Waals surface area contributed by atoms with Gasteiger partial charge in [0.1, 0.15) is 0 Å². The molecule has 1 aromatic rings. The molecule has 0 saturated carbocycles. The maximum absolute atomic E-state index is 13.7. The maximum Gasteiger partial charge on any atom is 0.254 e. The monoisotopic (exact) mass is 508 g/mol. The number of hydrogen-bond acceptors (Lipinski definition) is 4. The first-order valence-electron chi connectivity index (χ1n) is 15.3. The summed E-state index contributed by atoms with van der Waals surface area (Å²) in [6.07, 6.45) is 13.7. The highest BCUT2D eigenvalue weighted by Gasteiger charge is 2.49. The number of carbonyl (C=O) groups excluding carboxylic acids is 2. The standard InChI is InChI=1S/C31H48N4O2/c36-29(32-18-11-21-33-19-6-1-2-7-20-33)17-8-16-28-27-15-10-23-34-22-9-14-26(30(27)34)24-35(28)31(37)25-12-4-3-5-13-25/h3-5,12-13,26-28,30H,1-2,6-11,14-24H2,(H,32,36)/t26-,27+,28+,30-/m0/s1. The molecule has 4 heterocycles. The van der Waals surface area contributed by atoms with Crippen molar-refractivity contribution in [3.63, 3.8) is 0 Å². The van der Waals surface area contributed by atoms with E-state index in [2.05, 4.69) is 20.0 Å². The molecule has 0 spiro atoms. The van der Waals surface area contributed by atoms with E-state index in [4.69, 9.17) is 0 Å². The van der Waals surface area contributed by atoms with Crippen molar-refractivity contribution in [1.82, 2.24) is 20.0 Å². The van der Waals surface area contributed by atoms with E-state index in [0.29, 0.717) is 24.3 Å². The molecule has 2 amide bonds. The summed E-state index contributed by atoms with van der Waals surface area (Å²) in [7, 11) is 0. The van der Waals surface area contributed by atoms with Gasteiger partial charge >= 0.3 is 0 Å². The fourth-order valence-corrected chi connectivity index (χ4v) is 7.80. The van der Waals surface area contributed by atoms with Gasteiger partial charge in [0.25, 0.3) is 5.91 Å². The Kier molecular flexibility index (Phi) is 9.54. The van der Waals surface area contributed by atoms with Crippen LogP contribution in [0.5, 0.6) is 0 Å². The van der Waals surface area contributed by atoms with Crippen LogP contribution < -0.4 is 5.32 Å². The van der Waals surface area contributed by atoms with Crippen molar-refractivity contribution >= 4 is 11.8 Å². The Hall–Kier alpha value is -1.92. The highest BCUT2D eigenvalue weighted by atomic mass is 16.2. The molecule has 4 atom stereocenters. The minimum atomic E-state index is 0.174. The van der Waals surface area contributed by atoms with E-state index in [9.17, 15) is 9.59 Å². The highest BCUT2D eigenvalue weighted by Crippen LogP contribution is 2.43. The number of nitrogens with one attached hydrogen (secondary N) is 1. The van der Waals surface area contributed by atoms with E-state index < -0.39 is 0 Å². The van der Waals surface area contributed by atoms with Gasteiger partial charge < -0.3 is 15.1 Å². The topological polar surface area (TPSA) is 55.9 Å². The molecule has 4 aliphatic heterocycles.